The van der Waals surface area contributed by atoms with Crippen LogP contribution in [-0.4, -0.2) is 22.8 Å². The minimum Gasteiger partial charge on any atom is -0.326 e. The molecule has 1 aromatic carbocycles. The van der Waals surface area contributed by atoms with Gasteiger partial charge in [0.25, 0.3) is 0 Å². The van der Waals surface area contributed by atoms with Crippen LogP contribution in [0.1, 0.15) is 51.0 Å². The van der Waals surface area contributed by atoms with Gasteiger partial charge in [-0.3, -0.25) is 9.59 Å². The first-order valence-electron chi connectivity index (χ1n) is 8.33. The molecule has 0 radical (unpaired) electrons. The molecule has 1 N–H and O–H groups in total. The van der Waals surface area contributed by atoms with Crippen molar-refractivity contribution in [2.24, 2.45) is 5.92 Å². The number of carbonyl (C=O) groups excluding carboxylic acids is 2. The zero-order valence-electron chi connectivity index (χ0n) is 13.2. The molecule has 0 saturated heterocycles. The summed E-state index contributed by atoms with van der Waals surface area (Å²) < 4.78 is 0. The van der Waals surface area contributed by atoms with Gasteiger partial charge in [0.1, 0.15) is 6.04 Å². The van der Waals surface area contributed by atoms with E-state index in [4.69, 9.17) is 0 Å². The number of carbonyl (C=O) groups is 2. The van der Waals surface area contributed by atoms with Crippen LogP contribution in [0.3, 0.4) is 0 Å². The van der Waals surface area contributed by atoms with Crippen LogP contribution in [0, 0.1) is 5.92 Å². The Morgan fingerprint density at radius 2 is 1.82 bits per heavy atom. The molecule has 118 valence electrons. The van der Waals surface area contributed by atoms with E-state index in [-0.39, 0.29) is 23.8 Å². The van der Waals surface area contributed by atoms with Gasteiger partial charge in [-0.1, -0.05) is 43.9 Å². The maximum atomic E-state index is 12.8. The molecular formula is C18H24N2O2. The van der Waals surface area contributed by atoms with E-state index in [1.807, 2.05) is 24.3 Å². The van der Waals surface area contributed by atoms with Crippen molar-refractivity contribution in [2.45, 2.75) is 58.0 Å². The largest absolute Gasteiger partial charge is 0.326 e. The number of hydrogen-bond donors (Lipinski definition) is 1. The summed E-state index contributed by atoms with van der Waals surface area (Å²) >= 11 is 0. The summed E-state index contributed by atoms with van der Waals surface area (Å²) in [6, 6.07) is 7.45. The third-order valence-electron chi connectivity index (χ3n) is 4.97. The van der Waals surface area contributed by atoms with Gasteiger partial charge in [0.05, 0.1) is 0 Å². The monoisotopic (exact) mass is 300 g/mol. The van der Waals surface area contributed by atoms with Crippen LogP contribution in [0.5, 0.6) is 0 Å². The molecule has 2 aliphatic rings. The molecule has 1 saturated carbocycles. The third kappa shape index (κ3) is 3.01. The van der Waals surface area contributed by atoms with E-state index in [2.05, 4.69) is 5.32 Å². The molecule has 22 heavy (non-hydrogen) atoms. The lowest BCUT2D eigenvalue weighted by Crippen LogP contribution is -2.48. The fourth-order valence-corrected chi connectivity index (χ4v) is 3.81. The zero-order chi connectivity index (χ0) is 15.5. The number of fused-ring (bicyclic) bond motifs is 1. The quantitative estimate of drug-likeness (QED) is 0.809. The Bertz CT molecular complexity index is 562. The fourth-order valence-electron chi connectivity index (χ4n) is 3.81. The topological polar surface area (TPSA) is 49.4 Å². The van der Waals surface area contributed by atoms with Crippen molar-refractivity contribution in [3.63, 3.8) is 0 Å². The van der Waals surface area contributed by atoms with Gasteiger partial charge in [-0.05, 0) is 30.4 Å². The molecular weight excluding hydrogens is 276 g/mol. The van der Waals surface area contributed by atoms with Gasteiger partial charge in [-0.2, -0.15) is 0 Å². The number of para-hydroxylation sites is 1. The normalized spacial score (nSPS) is 23.2. The molecule has 1 aliphatic heterocycles. The smallest absolute Gasteiger partial charge is 0.247 e. The van der Waals surface area contributed by atoms with Crippen molar-refractivity contribution in [3.05, 3.63) is 29.8 Å². The number of nitrogens with one attached hydrogen (secondary N) is 1. The second-order valence-corrected chi connectivity index (χ2v) is 6.49. The van der Waals surface area contributed by atoms with E-state index in [9.17, 15) is 9.59 Å². The molecule has 1 atom stereocenters. The SMILES string of the molecule is CC(=O)N1Cc2ccccc2NC(=O)C1C1CCCCCC1. The Kier molecular flexibility index (Phi) is 4.46. The molecule has 1 unspecified atom stereocenters. The molecule has 3 rings (SSSR count). The lowest BCUT2D eigenvalue weighted by Gasteiger charge is -2.33. The lowest BCUT2D eigenvalue weighted by molar-refractivity contribution is -0.139. The van der Waals surface area contributed by atoms with Gasteiger partial charge in [-0.25, -0.2) is 0 Å². The molecule has 1 aliphatic carbocycles. The molecule has 1 heterocycles. The minimum absolute atomic E-state index is 0.0129. The average molecular weight is 300 g/mol. The van der Waals surface area contributed by atoms with E-state index in [0.717, 1.165) is 36.9 Å². The van der Waals surface area contributed by atoms with Crippen LogP contribution in [0.25, 0.3) is 0 Å². The Morgan fingerprint density at radius 3 is 2.50 bits per heavy atom. The second-order valence-electron chi connectivity index (χ2n) is 6.49. The van der Waals surface area contributed by atoms with E-state index in [1.165, 1.54) is 12.8 Å². The highest BCUT2D eigenvalue weighted by Crippen LogP contribution is 2.32. The Labute approximate surface area is 131 Å². The van der Waals surface area contributed by atoms with Crippen molar-refractivity contribution < 1.29 is 9.59 Å². The molecule has 1 aromatic rings. The number of benzene rings is 1. The van der Waals surface area contributed by atoms with Gasteiger partial charge < -0.3 is 10.2 Å². The van der Waals surface area contributed by atoms with Crippen LogP contribution in [0.4, 0.5) is 5.69 Å². The number of rotatable bonds is 1. The summed E-state index contributed by atoms with van der Waals surface area (Å²) in [5.74, 6) is 0.244. The second kappa shape index (κ2) is 6.51. The van der Waals surface area contributed by atoms with Crippen LogP contribution in [0.15, 0.2) is 24.3 Å². The molecule has 2 amide bonds. The van der Waals surface area contributed by atoms with Gasteiger partial charge in [0.15, 0.2) is 0 Å². The number of anilines is 1. The van der Waals surface area contributed by atoms with Crippen LogP contribution in [0.2, 0.25) is 0 Å². The van der Waals surface area contributed by atoms with E-state index >= 15 is 0 Å². The molecule has 0 aromatic heterocycles. The number of hydrogen-bond acceptors (Lipinski definition) is 2. The molecule has 0 bridgehead atoms. The van der Waals surface area contributed by atoms with Crippen molar-refractivity contribution >= 4 is 17.5 Å². The van der Waals surface area contributed by atoms with E-state index in [0.29, 0.717) is 6.54 Å². The highest BCUT2D eigenvalue weighted by molar-refractivity contribution is 5.98. The zero-order valence-corrected chi connectivity index (χ0v) is 13.2. The first kappa shape index (κ1) is 15.1. The molecule has 4 heteroatoms. The van der Waals surface area contributed by atoms with Crippen LogP contribution < -0.4 is 5.32 Å². The summed E-state index contributed by atoms with van der Waals surface area (Å²) in [5.41, 5.74) is 1.86. The highest BCUT2D eigenvalue weighted by Gasteiger charge is 2.37. The first-order chi connectivity index (χ1) is 10.7. The summed E-state index contributed by atoms with van der Waals surface area (Å²) in [6.07, 6.45) is 6.88. The highest BCUT2D eigenvalue weighted by atomic mass is 16.2. The Morgan fingerprint density at radius 1 is 1.14 bits per heavy atom. The number of amides is 2. The first-order valence-corrected chi connectivity index (χ1v) is 8.33. The van der Waals surface area contributed by atoms with Gasteiger partial charge >= 0.3 is 0 Å². The van der Waals surface area contributed by atoms with Crippen molar-refractivity contribution in [1.29, 1.82) is 0 Å². The molecule has 0 spiro atoms. The molecule has 1 fully saturated rings. The predicted molar refractivity (Wildman–Crippen MR) is 86.3 cm³/mol. The van der Waals surface area contributed by atoms with Crippen molar-refractivity contribution in [2.75, 3.05) is 5.32 Å². The number of nitrogens with zero attached hydrogens (tertiary/aromatic N) is 1. The van der Waals surface area contributed by atoms with Crippen LogP contribution >= 0.6 is 0 Å². The fraction of sp³-hybridized carbons (Fsp3) is 0.556. The predicted octanol–water partition coefficient (Wildman–Crippen LogP) is 3.33. The molecule has 4 nitrogen and oxygen atoms in total. The van der Waals surface area contributed by atoms with E-state index in [1.54, 1.807) is 11.8 Å². The van der Waals surface area contributed by atoms with Gasteiger partial charge in [-0.15, -0.1) is 0 Å². The minimum atomic E-state index is -0.331. The summed E-state index contributed by atoms with van der Waals surface area (Å²) in [5, 5.41) is 3.04. The van der Waals surface area contributed by atoms with E-state index < -0.39 is 0 Å². The summed E-state index contributed by atoms with van der Waals surface area (Å²) in [6.45, 7) is 2.09. The maximum absolute atomic E-state index is 12.8. The standard InChI is InChI=1S/C18H24N2O2/c1-13(21)20-12-15-10-6-7-11-16(15)19-18(22)17(20)14-8-4-2-3-5-9-14/h6-7,10-11,14,17H,2-5,8-9,12H2,1H3,(H,19,22). The Balaban J connectivity index is 1.93. The van der Waals surface area contributed by atoms with Gasteiger partial charge in [0, 0.05) is 19.2 Å². The average Bonchev–Trinajstić information content (AvgIpc) is 2.83. The maximum Gasteiger partial charge on any atom is 0.247 e. The Hall–Kier alpha value is -1.84. The van der Waals surface area contributed by atoms with Crippen molar-refractivity contribution in [1.82, 2.24) is 4.90 Å². The van der Waals surface area contributed by atoms with Gasteiger partial charge in [0.2, 0.25) is 11.8 Å². The van der Waals surface area contributed by atoms with Crippen LogP contribution in [-0.2, 0) is 16.1 Å². The third-order valence-corrected chi connectivity index (χ3v) is 4.97. The summed E-state index contributed by atoms with van der Waals surface area (Å²) in [7, 11) is 0. The summed E-state index contributed by atoms with van der Waals surface area (Å²) in [4.78, 5) is 26.8. The van der Waals surface area contributed by atoms with Crippen molar-refractivity contribution in [3.8, 4) is 0 Å². The lowest BCUT2D eigenvalue weighted by atomic mass is 9.90.